The number of benzene rings is 1. The van der Waals surface area contributed by atoms with Gasteiger partial charge in [0.15, 0.2) is 0 Å². The molecule has 0 aromatic heterocycles. The molecule has 1 aromatic carbocycles. The van der Waals surface area contributed by atoms with Crippen LogP contribution in [-0.2, 0) is 22.9 Å². The molecule has 0 aliphatic heterocycles. The highest BCUT2D eigenvalue weighted by atomic mass is 31.2. The van der Waals surface area contributed by atoms with Gasteiger partial charge in [0, 0.05) is 0 Å². The minimum absolute atomic E-state index is 0.131. The number of carboxylic acids is 1. The highest BCUT2D eigenvalue weighted by Crippen LogP contribution is 2.56. The lowest BCUT2D eigenvalue weighted by molar-refractivity contribution is -0.153. The molecule has 0 aliphatic rings. The fraction of sp³-hybridized carbons (Fsp3) is 0.533. The zero-order valence-corrected chi connectivity index (χ0v) is 14.2. The van der Waals surface area contributed by atoms with Crippen LogP contribution in [0.15, 0.2) is 30.3 Å². The SMILES string of the molecule is CCOP(=O)(OCC)OC(c1ccccc1)C(C)(C)C(=O)O. The minimum atomic E-state index is -3.84. The van der Waals surface area contributed by atoms with E-state index in [0.717, 1.165) is 0 Å². The van der Waals surface area contributed by atoms with Gasteiger partial charge in [-0.25, -0.2) is 4.57 Å². The van der Waals surface area contributed by atoms with Crippen LogP contribution < -0.4 is 0 Å². The van der Waals surface area contributed by atoms with Crippen molar-refractivity contribution in [3.8, 4) is 0 Å². The van der Waals surface area contributed by atoms with Crippen LogP contribution in [0.25, 0.3) is 0 Å². The van der Waals surface area contributed by atoms with Crippen LogP contribution in [0.5, 0.6) is 0 Å². The molecule has 1 rings (SSSR count). The maximum absolute atomic E-state index is 12.6. The standard InChI is InChI=1S/C15H23O6P/c1-5-19-22(18,20-6-2)21-13(15(3,4)14(16)17)12-10-8-7-9-11-12/h7-11,13H,5-6H2,1-4H3,(H,16,17). The summed E-state index contributed by atoms with van der Waals surface area (Å²) in [6.07, 6.45) is -0.977. The smallest absolute Gasteiger partial charge is 0.475 e. The summed E-state index contributed by atoms with van der Waals surface area (Å²) >= 11 is 0. The molecule has 7 heteroatoms. The van der Waals surface area contributed by atoms with Crippen molar-refractivity contribution in [3.63, 3.8) is 0 Å². The van der Waals surface area contributed by atoms with Crippen LogP contribution in [0, 0.1) is 5.41 Å². The lowest BCUT2D eigenvalue weighted by atomic mass is 9.83. The van der Waals surface area contributed by atoms with Gasteiger partial charge in [-0.1, -0.05) is 30.3 Å². The molecule has 0 amide bonds. The van der Waals surface area contributed by atoms with Crippen molar-refractivity contribution in [1.29, 1.82) is 0 Å². The Morgan fingerprint density at radius 1 is 1.18 bits per heavy atom. The third kappa shape index (κ3) is 4.65. The third-order valence-corrected chi connectivity index (χ3v) is 4.74. The first-order valence-corrected chi connectivity index (χ1v) is 8.58. The zero-order valence-electron chi connectivity index (χ0n) is 13.3. The van der Waals surface area contributed by atoms with Crippen LogP contribution in [0.2, 0.25) is 0 Å². The summed E-state index contributed by atoms with van der Waals surface area (Å²) in [6.45, 7) is 6.60. The van der Waals surface area contributed by atoms with E-state index >= 15 is 0 Å². The molecule has 1 N–H and O–H groups in total. The minimum Gasteiger partial charge on any atom is -0.481 e. The monoisotopic (exact) mass is 330 g/mol. The normalized spacial score (nSPS) is 13.8. The Balaban J connectivity index is 3.22. The lowest BCUT2D eigenvalue weighted by Gasteiger charge is -2.32. The molecule has 0 aliphatic carbocycles. The summed E-state index contributed by atoms with van der Waals surface area (Å²) in [6, 6.07) is 8.76. The number of phosphoric ester groups is 1. The molecule has 1 unspecified atom stereocenters. The van der Waals surface area contributed by atoms with Crippen molar-refractivity contribution in [2.45, 2.75) is 33.8 Å². The number of hydrogen-bond donors (Lipinski definition) is 1. The number of carboxylic acid groups (broad SMARTS) is 1. The Hall–Kier alpha value is -1.20. The maximum atomic E-state index is 12.6. The Morgan fingerprint density at radius 2 is 1.68 bits per heavy atom. The first-order valence-electron chi connectivity index (χ1n) is 7.12. The second-order valence-corrected chi connectivity index (χ2v) is 6.83. The molecule has 1 aromatic rings. The molecular formula is C15H23O6P. The molecule has 0 heterocycles. The van der Waals surface area contributed by atoms with E-state index in [2.05, 4.69) is 0 Å². The van der Waals surface area contributed by atoms with Crippen LogP contribution in [0.3, 0.4) is 0 Å². The lowest BCUT2D eigenvalue weighted by Crippen LogP contribution is -2.32. The third-order valence-electron chi connectivity index (χ3n) is 3.12. The highest BCUT2D eigenvalue weighted by Gasteiger charge is 2.44. The summed E-state index contributed by atoms with van der Waals surface area (Å²) in [4.78, 5) is 11.6. The molecule has 22 heavy (non-hydrogen) atoms. The topological polar surface area (TPSA) is 82.1 Å². The molecule has 0 saturated carbocycles. The Kier molecular flexibility index (Phi) is 6.75. The van der Waals surface area contributed by atoms with Gasteiger partial charge in [0.25, 0.3) is 0 Å². The van der Waals surface area contributed by atoms with Crippen molar-refractivity contribution < 1.29 is 28.0 Å². The number of carbonyl (C=O) groups is 1. The summed E-state index contributed by atoms with van der Waals surface area (Å²) in [5.74, 6) is -1.07. The Bertz CT molecular complexity index is 518. The van der Waals surface area contributed by atoms with E-state index < -0.39 is 25.3 Å². The molecular weight excluding hydrogens is 307 g/mol. The predicted molar refractivity (Wildman–Crippen MR) is 82.5 cm³/mol. The van der Waals surface area contributed by atoms with E-state index in [1.165, 1.54) is 13.8 Å². The van der Waals surface area contributed by atoms with E-state index in [1.54, 1.807) is 44.2 Å². The second kappa shape index (κ2) is 7.88. The average Bonchev–Trinajstić information content (AvgIpc) is 2.46. The van der Waals surface area contributed by atoms with Crippen LogP contribution in [-0.4, -0.2) is 24.3 Å². The quantitative estimate of drug-likeness (QED) is 0.688. The van der Waals surface area contributed by atoms with Gasteiger partial charge in [-0.2, -0.15) is 0 Å². The van der Waals surface area contributed by atoms with E-state index in [9.17, 15) is 14.5 Å². The largest absolute Gasteiger partial charge is 0.481 e. The van der Waals surface area contributed by atoms with Gasteiger partial charge in [0.1, 0.15) is 6.10 Å². The molecule has 6 nitrogen and oxygen atoms in total. The predicted octanol–water partition coefficient (Wildman–Crippen LogP) is 4.04. The summed E-state index contributed by atoms with van der Waals surface area (Å²) in [5, 5.41) is 9.48. The van der Waals surface area contributed by atoms with Gasteiger partial charge in [-0.05, 0) is 33.3 Å². The fourth-order valence-corrected chi connectivity index (χ4v) is 3.36. The first kappa shape index (κ1) is 18.8. The van der Waals surface area contributed by atoms with Gasteiger partial charge in [0.05, 0.1) is 18.6 Å². The van der Waals surface area contributed by atoms with Crippen molar-refractivity contribution in [3.05, 3.63) is 35.9 Å². The molecule has 0 bridgehead atoms. The van der Waals surface area contributed by atoms with Gasteiger partial charge in [0.2, 0.25) is 0 Å². The fourth-order valence-electron chi connectivity index (χ4n) is 1.89. The van der Waals surface area contributed by atoms with Gasteiger partial charge < -0.3 is 5.11 Å². The number of hydrogen-bond acceptors (Lipinski definition) is 5. The van der Waals surface area contributed by atoms with E-state index in [-0.39, 0.29) is 13.2 Å². The van der Waals surface area contributed by atoms with Gasteiger partial charge in [-0.3, -0.25) is 18.4 Å². The Labute approximate surface area is 131 Å². The van der Waals surface area contributed by atoms with Crippen molar-refractivity contribution in [2.75, 3.05) is 13.2 Å². The highest BCUT2D eigenvalue weighted by molar-refractivity contribution is 7.48. The van der Waals surface area contributed by atoms with Crippen LogP contribution in [0.4, 0.5) is 0 Å². The summed E-state index contributed by atoms with van der Waals surface area (Å²) in [5.41, 5.74) is -0.722. The van der Waals surface area contributed by atoms with Gasteiger partial charge in [-0.15, -0.1) is 0 Å². The second-order valence-electron chi connectivity index (χ2n) is 5.21. The maximum Gasteiger partial charge on any atom is 0.475 e. The molecule has 0 radical (unpaired) electrons. The van der Waals surface area contributed by atoms with E-state index in [0.29, 0.717) is 5.56 Å². The van der Waals surface area contributed by atoms with Crippen molar-refractivity contribution in [2.24, 2.45) is 5.41 Å². The van der Waals surface area contributed by atoms with Crippen LogP contribution in [0.1, 0.15) is 39.4 Å². The molecule has 124 valence electrons. The van der Waals surface area contributed by atoms with E-state index in [4.69, 9.17) is 13.6 Å². The molecule has 0 fully saturated rings. The number of aliphatic carboxylic acids is 1. The molecule has 0 saturated heterocycles. The van der Waals surface area contributed by atoms with Gasteiger partial charge >= 0.3 is 13.8 Å². The molecule has 1 atom stereocenters. The number of rotatable bonds is 9. The van der Waals surface area contributed by atoms with Crippen LogP contribution >= 0.6 is 7.82 Å². The zero-order chi connectivity index (χ0) is 16.8. The van der Waals surface area contributed by atoms with E-state index in [1.807, 2.05) is 0 Å². The first-order chi connectivity index (χ1) is 10.3. The van der Waals surface area contributed by atoms with Crippen molar-refractivity contribution >= 4 is 13.8 Å². The summed E-state index contributed by atoms with van der Waals surface area (Å²) < 4.78 is 28.4. The average molecular weight is 330 g/mol. The number of phosphoric acid groups is 1. The summed E-state index contributed by atoms with van der Waals surface area (Å²) in [7, 11) is -3.84. The Morgan fingerprint density at radius 3 is 2.09 bits per heavy atom. The molecule has 0 spiro atoms. The van der Waals surface area contributed by atoms with Crippen molar-refractivity contribution in [1.82, 2.24) is 0 Å².